The van der Waals surface area contributed by atoms with E-state index in [9.17, 15) is 26.8 Å². The van der Waals surface area contributed by atoms with Crippen LogP contribution in [0, 0.1) is 11.6 Å². The van der Waals surface area contributed by atoms with Gasteiger partial charge in [0.2, 0.25) is 0 Å². The number of fused-ring (bicyclic) bond motifs is 2. The maximum absolute atomic E-state index is 13.7. The lowest BCUT2D eigenvalue weighted by molar-refractivity contribution is -0.135. The molecule has 0 bridgehead atoms. The van der Waals surface area contributed by atoms with E-state index in [1.54, 1.807) is 56.3 Å². The highest BCUT2D eigenvalue weighted by molar-refractivity contribution is 7.84. The predicted molar refractivity (Wildman–Crippen MR) is 384 cm³/mol. The van der Waals surface area contributed by atoms with Crippen molar-refractivity contribution in [2.24, 2.45) is 0 Å². The van der Waals surface area contributed by atoms with Crippen molar-refractivity contribution < 1.29 is 36.3 Å². The average molecular weight is 1290 g/mol. The molecule has 0 amide bonds. The smallest absolute Gasteiger partial charge is 0.307 e. The Hall–Kier alpha value is -8.17. The molecule has 0 saturated heterocycles. The summed E-state index contributed by atoms with van der Waals surface area (Å²) in [7, 11) is 2.07. The zero-order valence-electron chi connectivity index (χ0n) is 56.5. The number of benzene rings is 6. The van der Waals surface area contributed by atoms with Gasteiger partial charge in [-0.05, 0) is 229 Å². The number of halogens is 2. The summed E-state index contributed by atoms with van der Waals surface area (Å²) in [5, 5.41) is 9.17. The van der Waals surface area contributed by atoms with Gasteiger partial charge in [0.15, 0.2) is 0 Å². The number of aromatic nitrogens is 2. The van der Waals surface area contributed by atoms with Crippen LogP contribution < -0.4 is 4.90 Å². The number of imidazole rings is 1. The van der Waals surface area contributed by atoms with E-state index in [2.05, 4.69) is 131 Å². The molecule has 0 spiro atoms. The van der Waals surface area contributed by atoms with Crippen LogP contribution in [0.1, 0.15) is 151 Å². The summed E-state index contributed by atoms with van der Waals surface area (Å²) in [6, 6.07) is 47.0. The van der Waals surface area contributed by atoms with Gasteiger partial charge in [-0.15, -0.1) is 0 Å². The summed E-state index contributed by atoms with van der Waals surface area (Å²) in [6.07, 6.45) is 19.5. The molecule has 92 heavy (non-hydrogen) atoms. The number of hydrogen-bond donors (Lipinski definition) is 2. The van der Waals surface area contributed by atoms with Gasteiger partial charge in [-0.3, -0.25) is 18.0 Å². The molecule has 0 saturated carbocycles. The van der Waals surface area contributed by atoms with Crippen molar-refractivity contribution in [1.29, 1.82) is 0 Å². The van der Waals surface area contributed by atoms with E-state index >= 15 is 0 Å². The monoisotopic (exact) mass is 1290 g/mol. The van der Waals surface area contributed by atoms with Crippen molar-refractivity contribution >= 4 is 73.5 Å². The highest BCUT2D eigenvalue weighted by atomic mass is 32.2. The molecular weight excluding hydrogens is 1190 g/mol. The molecule has 0 aliphatic heterocycles. The maximum Gasteiger partial charge on any atom is 0.307 e. The number of aryl methyl sites for hydroxylation is 4. The number of carboxylic acid groups (broad SMARTS) is 1. The van der Waals surface area contributed by atoms with Gasteiger partial charge in [0, 0.05) is 88.4 Å². The van der Waals surface area contributed by atoms with Crippen LogP contribution in [-0.4, -0.2) is 86.4 Å². The number of aliphatic carboxylic acids is 1. The number of aromatic amines is 1. The Balaban J connectivity index is 0.000000247. The van der Waals surface area contributed by atoms with Gasteiger partial charge in [0.25, 0.3) is 0 Å². The van der Waals surface area contributed by atoms with Crippen LogP contribution in [0.5, 0.6) is 0 Å². The quantitative estimate of drug-likeness (QED) is 0.0860. The van der Waals surface area contributed by atoms with E-state index in [-0.39, 0.29) is 23.8 Å². The van der Waals surface area contributed by atoms with Crippen molar-refractivity contribution in [2.45, 2.75) is 130 Å². The second-order valence-electron chi connectivity index (χ2n) is 22.2. The van der Waals surface area contributed by atoms with Crippen LogP contribution in [0.25, 0.3) is 34.4 Å². The third-order valence-corrected chi connectivity index (χ3v) is 17.1. The van der Waals surface area contributed by atoms with Crippen LogP contribution in [-0.2, 0) is 56.9 Å². The van der Waals surface area contributed by atoms with Crippen molar-refractivity contribution in [3.63, 3.8) is 0 Å². The summed E-state index contributed by atoms with van der Waals surface area (Å²) in [4.78, 5) is 35.8. The minimum absolute atomic E-state index is 0.0561. The zero-order chi connectivity index (χ0) is 67.7. The molecule has 10 nitrogen and oxygen atoms in total. The number of carbonyl (C=O) groups excluding carboxylic acids is 1. The summed E-state index contributed by atoms with van der Waals surface area (Å²) >= 11 is 0. The first-order valence-electron chi connectivity index (χ1n) is 31.7. The number of Topliss-reactive ketones (excluding diaryl/α,β-unsaturated/α-hetero) is 1. The highest BCUT2D eigenvalue weighted by Crippen LogP contribution is 2.45. The Morgan fingerprint density at radius 1 is 0.598 bits per heavy atom. The lowest BCUT2D eigenvalue weighted by Crippen LogP contribution is -2.23. The number of allylic oxidation sites excluding steroid dienone is 5. The maximum atomic E-state index is 13.7. The summed E-state index contributed by atoms with van der Waals surface area (Å²) < 4.78 is 55.4. The first-order valence-corrected chi connectivity index (χ1v) is 34.8. The molecule has 0 fully saturated rings. The predicted octanol–water partition coefficient (Wildman–Crippen LogP) is 18.7. The van der Waals surface area contributed by atoms with Crippen molar-refractivity contribution in [2.75, 3.05) is 51.1 Å². The Morgan fingerprint density at radius 3 is 1.42 bits per heavy atom. The molecule has 2 N–H and O–H groups in total. The SMILES string of the molecule is CC(=O)CC1=C(C)/C(=C/c2ccc(S(C)=O)cc2)c2ccc(F)cc21.CC1=C(CC(=O)O)c2cc(F)ccc2/C1=C\c1ccc(S(C)=O)cc1.CCCN(CC)CC.CCCc1cnc[nH]1.CCc1ccc(N(C)C)cc1.CCc1ccccc1.CCc1ccco1. The Labute approximate surface area is 552 Å². The summed E-state index contributed by atoms with van der Waals surface area (Å²) in [5.74, 6) is -0.518. The Kier molecular flexibility index (Phi) is 33.7. The number of hydrogen-bond acceptors (Lipinski definition) is 8. The minimum atomic E-state index is -1.04. The van der Waals surface area contributed by atoms with Crippen LogP contribution in [0.15, 0.2) is 196 Å². The van der Waals surface area contributed by atoms with Crippen molar-refractivity contribution in [3.05, 3.63) is 249 Å². The number of nitrogens with one attached hydrogen (secondary N) is 1. The second-order valence-corrected chi connectivity index (χ2v) is 25.0. The van der Waals surface area contributed by atoms with E-state index in [1.165, 1.54) is 79.2 Å². The van der Waals surface area contributed by atoms with Crippen LogP contribution in [0.2, 0.25) is 0 Å². The fraction of sp³-hybridized carbons (Fsp3) is 0.321. The second kappa shape index (κ2) is 40.6. The van der Waals surface area contributed by atoms with E-state index in [0.29, 0.717) is 17.6 Å². The first-order chi connectivity index (χ1) is 44.1. The third kappa shape index (κ3) is 25.1. The molecule has 6 aromatic carbocycles. The number of ketones is 1. The molecule has 2 unspecified atom stereocenters. The van der Waals surface area contributed by atoms with Gasteiger partial charge in [0.1, 0.15) is 23.2 Å². The van der Waals surface area contributed by atoms with Gasteiger partial charge >= 0.3 is 5.97 Å². The van der Waals surface area contributed by atoms with Gasteiger partial charge < -0.3 is 24.3 Å². The van der Waals surface area contributed by atoms with E-state index in [4.69, 9.17) is 9.52 Å². The third-order valence-electron chi connectivity index (χ3n) is 15.3. The highest BCUT2D eigenvalue weighted by Gasteiger charge is 2.27. The van der Waals surface area contributed by atoms with Crippen LogP contribution >= 0.6 is 0 Å². The minimum Gasteiger partial charge on any atom is -0.481 e. The standard InChI is InChI=1S/C21H19FO2S.C20H17FO3S.C10H15N.C8H10.C7H17N.C6H10N2.C6H8O/c1-13(23)10-19-14(2)20(18-9-6-16(22)12-21(18)19)11-15-4-7-17(8-5-15)25(3)24;1-12-17(9-13-3-6-15(7-4-13)25(2)24)16-8-5-14(21)10-19(16)18(12)11-20(22)23;1-4-9-5-7-10(8-6-9)11(2)3;1-2-8-6-4-3-5-7-8;1-4-7-8(5-2)6-3;1-2-3-6-4-7-5-8-6;1-2-6-4-3-5-7-6/h4-9,11-12H,10H2,1-3H3;3-10H,11H2,1-2H3,(H,22,23);5-8H,4H2,1-3H3;3-7H,2H2,1H3;4-7H2,1-3H3;4-5H,2-3H2,1H3,(H,7,8);3-5H,2H2,1H3/b20-11-;17-9-;;;;;. The summed E-state index contributed by atoms with van der Waals surface area (Å²) in [5.41, 5.74) is 15.6. The van der Waals surface area contributed by atoms with E-state index < -0.39 is 27.6 Å². The molecule has 2 heterocycles. The van der Waals surface area contributed by atoms with Gasteiger partial charge in [-0.2, -0.15) is 0 Å². The number of anilines is 1. The molecule has 2 aliphatic rings. The largest absolute Gasteiger partial charge is 0.481 e. The molecule has 490 valence electrons. The van der Waals surface area contributed by atoms with Crippen LogP contribution in [0.3, 0.4) is 0 Å². The van der Waals surface area contributed by atoms with Crippen molar-refractivity contribution in [1.82, 2.24) is 14.9 Å². The molecular formula is C78H96F2N4O6S2. The van der Waals surface area contributed by atoms with Crippen molar-refractivity contribution in [3.8, 4) is 0 Å². The number of nitrogens with zero attached hydrogens (tertiary/aromatic N) is 3. The molecule has 8 aromatic rings. The van der Waals surface area contributed by atoms with Gasteiger partial charge in [-0.1, -0.05) is 134 Å². The molecule has 2 aromatic heterocycles. The topological polar surface area (TPSA) is 137 Å². The van der Waals surface area contributed by atoms with Crippen LogP contribution in [0.4, 0.5) is 14.5 Å². The lowest BCUT2D eigenvalue weighted by atomic mass is 10.0. The summed E-state index contributed by atoms with van der Waals surface area (Å²) in [6.45, 7) is 24.2. The first kappa shape index (κ1) is 76.3. The normalized spacial score (nSPS) is 13.2. The average Bonchev–Trinajstić information content (AvgIpc) is 1.63. The Morgan fingerprint density at radius 2 is 1.09 bits per heavy atom. The Bertz CT molecular complexity index is 3540. The molecule has 14 heteroatoms. The van der Waals surface area contributed by atoms with Gasteiger partial charge in [0.05, 0.1) is 19.0 Å². The van der Waals surface area contributed by atoms with E-state index in [1.807, 2.05) is 86.8 Å². The fourth-order valence-corrected chi connectivity index (χ4v) is 11.1. The molecule has 10 rings (SSSR count). The molecule has 2 atom stereocenters. The number of carboxylic acids is 1. The zero-order valence-corrected chi connectivity index (χ0v) is 58.1. The number of carbonyl (C=O) groups is 2. The fourth-order valence-electron chi connectivity index (χ4n) is 10.0. The number of H-pyrrole nitrogens is 1. The van der Waals surface area contributed by atoms with Gasteiger partial charge in [-0.25, -0.2) is 13.8 Å². The van der Waals surface area contributed by atoms with E-state index in [0.717, 1.165) is 96.9 Å². The molecule has 2 aliphatic carbocycles. The lowest BCUT2D eigenvalue weighted by Gasteiger charge is -2.15. The molecule has 0 radical (unpaired) electrons. The number of rotatable bonds is 18. The number of furan rings is 1.